The Bertz CT molecular complexity index is 1020. The predicted octanol–water partition coefficient (Wildman–Crippen LogP) is 2.26. The van der Waals surface area contributed by atoms with Gasteiger partial charge in [-0.2, -0.15) is 0 Å². The molecular weight excluding hydrogens is 450 g/mol. The molecule has 2 heterocycles. The number of fused-ring (bicyclic) bond motifs is 1. The highest BCUT2D eigenvalue weighted by atomic mass is 32.2. The molecule has 0 radical (unpaired) electrons. The van der Waals surface area contributed by atoms with Gasteiger partial charge in [0.1, 0.15) is 16.1 Å². The van der Waals surface area contributed by atoms with E-state index in [9.17, 15) is 18.3 Å². The first-order valence-electron chi connectivity index (χ1n) is 10.5. The van der Waals surface area contributed by atoms with Crippen LogP contribution in [0.2, 0.25) is 0 Å². The number of aliphatic hydroxyl groups excluding tert-OH is 1. The zero-order valence-corrected chi connectivity index (χ0v) is 20.4. The minimum atomic E-state index is -3.70. The van der Waals surface area contributed by atoms with E-state index in [0.29, 0.717) is 30.1 Å². The number of nitrogens with one attached hydrogen (secondary N) is 1. The summed E-state index contributed by atoms with van der Waals surface area (Å²) in [6.45, 7) is 4.84. The molecule has 0 fully saturated rings. The first-order valence-corrected chi connectivity index (χ1v) is 12.9. The Kier molecular flexibility index (Phi) is 7.81. The van der Waals surface area contributed by atoms with Crippen LogP contribution in [0.3, 0.4) is 0 Å². The van der Waals surface area contributed by atoms with Crippen LogP contribution in [0.4, 0.5) is 5.69 Å². The van der Waals surface area contributed by atoms with E-state index in [-0.39, 0.29) is 41.2 Å². The molecule has 0 saturated heterocycles. The van der Waals surface area contributed by atoms with Crippen molar-refractivity contribution < 1.29 is 23.1 Å². The van der Waals surface area contributed by atoms with Gasteiger partial charge in [0, 0.05) is 30.3 Å². The molecule has 0 spiro atoms. The van der Waals surface area contributed by atoms with E-state index in [1.165, 1.54) is 0 Å². The Balaban J connectivity index is 1.97. The highest BCUT2D eigenvalue weighted by Crippen LogP contribution is 2.30. The van der Waals surface area contributed by atoms with Crippen LogP contribution in [0.25, 0.3) is 0 Å². The van der Waals surface area contributed by atoms with Gasteiger partial charge < -0.3 is 19.6 Å². The minimum Gasteiger partial charge on any atom is -0.488 e. The van der Waals surface area contributed by atoms with Crippen molar-refractivity contribution in [3.63, 3.8) is 0 Å². The highest BCUT2D eigenvalue weighted by molar-refractivity contribution is 7.94. The van der Waals surface area contributed by atoms with E-state index in [4.69, 9.17) is 4.74 Å². The number of ether oxygens (including phenoxy) is 1. The van der Waals surface area contributed by atoms with E-state index in [0.717, 1.165) is 11.3 Å². The molecule has 8 nitrogen and oxygen atoms in total. The number of hydrogen-bond donors (Lipinski definition) is 2. The summed E-state index contributed by atoms with van der Waals surface area (Å²) < 4.78 is 34.4. The maximum atomic E-state index is 13.2. The fraction of sp³-hybridized carbons (Fsp3) is 0.500. The molecule has 3 atom stereocenters. The van der Waals surface area contributed by atoms with Crippen LogP contribution in [-0.2, 0) is 21.2 Å². The Morgan fingerprint density at radius 3 is 2.72 bits per heavy atom. The second-order valence-corrected chi connectivity index (χ2v) is 11.4. The first-order chi connectivity index (χ1) is 15.1. The van der Waals surface area contributed by atoms with Crippen LogP contribution in [0, 0.1) is 5.92 Å². The van der Waals surface area contributed by atoms with Gasteiger partial charge in [-0.15, -0.1) is 11.3 Å². The summed E-state index contributed by atoms with van der Waals surface area (Å²) in [5.41, 5.74) is 0.973. The predicted molar refractivity (Wildman–Crippen MR) is 126 cm³/mol. The number of benzene rings is 1. The van der Waals surface area contributed by atoms with Crippen molar-refractivity contribution in [3.8, 4) is 5.75 Å². The van der Waals surface area contributed by atoms with Crippen LogP contribution in [0.15, 0.2) is 39.9 Å². The standard InChI is InChI=1S/C22H31N3O5S2/c1-15-12-25(16(2)14-26)21(27)11-17-10-18(23-32(28,29)22-6-5-9-31-22)7-8-19(17)30-20(15)13-24(3)4/h5-10,15-16,20,23,26H,11-14H2,1-4H3/t15-,16+,20-/m1/s1. The number of anilines is 1. The first kappa shape index (κ1) is 24.5. The van der Waals surface area contributed by atoms with Crippen molar-refractivity contribution in [3.05, 3.63) is 41.3 Å². The Labute approximate surface area is 193 Å². The molecule has 1 aromatic carbocycles. The monoisotopic (exact) mass is 481 g/mol. The molecule has 0 saturated carbocycles. The summed E-state index contributed by atoms with van der Waals surface area (Å²) in [4.78, 5) is 16.9. The van der Waals surface area contributed by atoms with Gasteiger partial charge in [-0.25, -0.2) is 8.42 Å². The quantitative estimate of drug-likeness (QED) is 0.629. The van der Waals surface area contributed by atoms with Crippen molar-refractivity contribution >= 4 is 33.0 Å². The average molecular weight is 482 g/mol. The average Bonchev–Trinajstić information content (AvgIpc) is 3.28. The lowest BCUT2D eigenvalue weighted by atomic mass is 10.0. The van der Waals surface area contributed by atoms with Gasteiger partial charge in [0.15, 0.2) is 0 Å². The summed E-state index contributed by atoms with van der Waals surface area (Å²) in [7, 11) is 0.223. The van der Waals surface area contributed by atoms with Crippen LogP contribution >= 0.6 is 11.3 Å². The van der Waals surface area contributed by atoms with Gasteiger partial charge in [-0.05, 0) is 50.7 Å². The molecule has 32 heavy (non-hydrogen) atoms. The number of carbonyl (C=O) groups excluding carboxylic acids is 1. The third-order valence-electron chi connectivity index (χ3n) is 5.47. The van der Waals surface area contributed by atoms with Gasteiger partial charge in [0.25, 0.3) is 10.0 Å². The second-order valence-electron chi connectivity index (χ2n) is 8.51. The molecule has 1 aliphatic heterocycles. The topological polar surface area (TPSA) is 99.2 Å². The maximum Gasteiger partial charge on any atom is 0.271 e. The molecule has 1 amide bonds. The molecule has 1 aliphatic rings. The Morgan fingerprint density at radius 2 is 2.09 bits per heavy atom. The lowest BCUT2D eigenvalue weighted by molar-refractivity contribution is -0.134. The fourth-order valence-corrected chi connectivity index (χ4v) is 5.74. The van der Waals surface area contributed by atoms with E-state index in [2.05, 4.69) is 4.72 Å². The summed E-state index contributed by atoms with van der Waals surface area (Å²) in [6, 6.07) is 7.92. The zero-order chi connectivity index (χ0) is 23.5. The van der Waals surface area contributed by atoms with E-state index < -0.39 is 10.0 Å². The Hall–Kier alpha value is -2.14. The minimum absolute atomic E-state index is 0.0262. The Morgan fingerprint density at radius 1 is 1.34 bits per heavy atom. The number of hydrogen-bond acceptors (Lipinski definition) is 7. The fourth-order valence-electron chi connectivity index (χ4n) is 3.69. The molecule has 0 bridgehead atoms. The number of likely N-dealkylation sites (N-methyl/N-ethyl adjacent to an activating group) is 1. The SMILES string of the molecule is C[C@@H]1CN([C@@H](C)CO)C(=O)Cc2cc(NS(=O)(=O)c3cccs3)ccc2O[C@@H]1CN(C)C. The van der Waals surface area contributed by atoms with Crippen LogP contribution in [-0.4, -0.2) is 75.2 Å². The zero-order valence-electron chi connectivity index (χ0n) is 18.8. The summed E-state index contributed by atoms with van der Waals surface area (Å²) >= 11 is 1.14. The molecule has 1 aromatic heterocycles. The van der Waals surface area contributed by atoms with Crippen LogP contribution < -0.4 is 9.46 Å². The molecule has 176 valence electrons. The molecule has 0 aliphatic carbocycles. The van der Waals surface area contributed by atoms with Gasteiger partial charge in [-0.3, -0.25) is 9.52 Å². The van der Waals surface area contributed by atoms with Gasteiger partial charge >= 0.3 is 0 Å². The molecule has 2 aromatic rings. The number of rotatable bonds is 7. The number of thiophene rings is 1. The van der Waals surface area contributed by atoms with Gasteiger partial charge in [0.2, 0.25) is 5.91 Å². The highest BCUT2D eigenvalue weighted by Gasteiger charge is 2.31. The largest absolute Gasteiger partial charge is 0.488 e. The summed E-state index contributed by atoms with van der Waals surface area (Å²) in [5.74, 6) is 0.458. The van der Waals surface area contributed by atoms with E-state index >= 15 is 0 Å². The number of aliphatic hydroxyl groups is 1. The summed E-state index contributed by atoms with van der Waals surface area (Å²) in [5, 5.41) is 11.4. The third-order valence-corrected chi connectivity index (χ3v) is 8.25. The molecule has 0 unspecified atom stereocenters. The van der Waals surface area contributed by atoms with Crippen molar-refractivity contribution in [2.24, 2.45) is 5.92 Å². The number of sulfonamides is 1. The third kappa shape index (κ3) is 5.80. The van der Waals surface area contributed by atoms with E-state index in [1.807, 2.05) is 32.8 Å². The lowest BCUT2D eigenvalue weighted by Gasteiger charge is -2.33. The van der Waals surface area contributed by atoms with E-state index in [1.54, 1.807) is 40.6 Å². The molecular formula is C22H31N3O5S2. The number of nitrogens with zero attached hydrogens (tertiary/aromatic N) is 2. The number of amides is 1. The van der Waals surface area contributed by atoms with Gasteiger partial charge in [0.05, 0.1) is 19.1 Å². The van der Waals surface area contributed by atoms with Crippen LogP contribution in [0.5, 0.6) is 5.75 Å². The maximum absolute atomic E-state index is 13.2. The normalized spacial score (nSPS) is 20.7. The van der Waals surface area contributed by atoms with Crippen molar-refractivity contribution in [1.82, 2.24) is 9.80 Å². The summed E-state index contributed by atoms with van der Waals surface area (Å²) in [6.07, 6.45) is -0.132. The van der Waals surface area contributed by atoms with Crippen molar-refractivity contribution in [2.45, 2.75) is 36.6 Å². The molecule has 10 heteroatoms. The smallest absolute Gasteiger partial charge is 0.271 e. The lowest BCUT2D eigenvalue weighted by Crippen LogP contribution is -2.47. The number of carbonyl (C=O) groups is 1. The van der Waals surface area contributed by atoms with Gasteiger partial charge in [-0.1, -0.05) is 13.0 Å². The second kappa shape index (κ2) is 10.2. The molecule has 2 N–H and O–H groups in total. The van der Waals surface area contributed by atoms with Crippen molar-refractivity contribution in [2.75, 3.05) is 38.5 Å². The van der Waals surface area contributed by atoms with Crippen molar-refractivity contribution in [1.29, 1.82) is 0 Å². The van der Waals surface area contributed by atoms with Crippen LogP contribution in [0.1, 0.15) is 19.4 Å². The molecule has 3 rings (SSSR count).